The zero-order valence-electron chi connectivity index (χ0n) is 12.5. The Labute approximate surface area is 122 Å². The minimum atomic E-state index is 0.346. The van der Waals surface area contributed by atoms with Crippen LogP contribution in [0.25, 0.3) is 0 Å². The average Bonchev–Trinajstić information content (AvgIpc) is 2.39. The number of nitrogens with one attached hydrogen (secondary N) is 1. The van der Waals surface area contributed by atoms with Gasteiger partial charge in [-0.1, -0.05) is 51.4 Å². The summed E-state index contributed by atoms with van der Waals surface area (Å²) in [7, 11) is 0. The molecule has 2 rings (SSSR count). The van der Waals surface area contributed by atoms with Crippen molar-refractivity contribution < 1.29 is 0 Å². The largest absolute Gasteiger partial charge is 0.313 e. The Morgan fingerprint density at radius 3 is 2.63 bits per heavy atom. The maximum atomic E-state index is 6.16. The molecule has 0 amide bonds. The van der Waals surface area contributed by atoms with E-state index in [1.807, 2.05) is 6.07 Å². The Bertz CT molecular complexity index is 431. The van der Waals surface area contributed by atoms with Crippen molar-refractivity contribution in [3.05, 3.63) is 34.9 Å². The molecule has 106 valence electrons. The van der Waals surface area contributed by atoms with Crippen LogP contribution in [0.2, 0.25) is 5.02 Å². The molecule has 0 bridgehead atoms. The summed E-state index contributed by atoms with van der Waals surface area (Å²) in [5.74, 6) is 1.29. The van der Waals surface area contributed by atoms with Gasteiger partial charge >= 0.3 is 0 Å². The third-order valence-electron chi connectivity index (χ3n) is 5.06. The molecular weight excluding hydrogens is 254 g/mol. The van der Waals surface area contributed by atoms with Crippen LogP contribution in [0.5, 0.6) is 0 Å². The smallest absolute Gasteiger partial charge is 0.0408 e. The van der Waals surface area contributed by atoms with Gasteiger partial charge in [0, 0.05) is 11.1 Å². The summed E-state index contributed by atoms with van der Waals surface area (Å²) in [4.78, 5) is 0. The van der Waals surface area contributed by atoms with Gasteiger partial charge in [-0.25, -0.2) is 0 Å². The molecule has 0 spiro atoms. The van der Waals surface area contributed by atoms with Gasteiger partial charge < -0.3 is 5.32 Å². The van der Waals surface area contributed by atoms with Crippen molar-refractivity contribution in [1.82, 2.24) is 5.32 Å². The van der Waals surface area contributed by atoms with E-state index in [1.165, 1.54) is 18.4 Å². The summed E-state index contributed by atoms with van der Waals surface area (Å²) in [6.07, 6.45) is 2.40. The molecule has 0 saturated heterocycles. The van der Waals surface area contributed by atoms with Gasteiger partial charge in [0.1, 0.15) is 0 Å². The van der Waals surface area contributed by atoms with Crippen LogP contribution < -0.4 is 5.32 Å². The van der Waals surface area contributed by atoms with Crippen molar-refractivity contribution >= 4 is 11.6 Å². The Morgan fingerprint density at radius 1 is 1.32 bits per heavy atom. The Morgan fingerprint density at radius 2 is 2.05 bits per heavy atom. The third kappa shape index (κ3) is 2.55. The molecular formula is C17H26ClN. The average molecular weight is 280 g/mol. The first-order valence-corrected chi connectivity index (χ1v) is 7.91. The summed E-state index contributed by atoms with van der Waals surface area (Å²) >= 11 is 6.16. The second-order valence-corrected chi connectivity index (χ2v) is 6.62. The first kappa shape index (κ1) is 14.9. The number of hydrogen-bond acceptors (Lipinski definition) is 1. The summed E-state index contributed by atoms with van der Waals surface area (Å²) in [6, 6.07) is 9.04. The lowest BCUT2D eigenvalue weighted by atomic mass is 9.48. The first-order chi connectivity index (χ1) is 9.04. The number of hydrogen-bond donors (Lipinski definition) is 1. The molecule has 1 nitrogen and oxygen atoms in total. The molecule has 0 radical (unpaired) electrons. The van der Waals surface area contributed by atoms with E-state index in [0.29, 0.717) is 23.3 Å². The van der Waals surface area contributed by atoms with Gasteiger partial charge in [0.05, 0.1) is 0 Å². The zero-order chi connectivity index (χ0) is 14.0. The maximum Gasteiger partial charge on any atom is 0.0408 e. The van der Waals surface area contributed by atoms with Gasteiger partial charge in [-0.3, -0.25) is 0 Å². The van der Waals surface area contributed by atoms with Crippen molar-refractivity contribution in [3.8, 4) is 0 Å². The highest BCUT2D eigenvalue weighted by molar-refractivity contribution is 6.30. The fourth-order valence-corrected chi connectivity index (χ4v) is 4.21. The molecule has 0 aromatic heterocycles. The van der Waals surface area contributed by atoms with Gasteiger partial charge in [-0.2, -0.15) is 0 Å². The Kier molecular flexibility index (Phi) is 4.58. The molecule has 4 unspecified atom stereocenters. The molecule has 1 aliphatic carbocycles. The van der Waals surface area contributed by atoms with Crippen molar-refractivity contribution in [3.63, 3.8) is 0 Å². The van der Waals surface area contributed by atoms with Crippen LogP contribution in [0.1, 0.15) is 52.0 Å². The van der Waals surface area contributed by atoms with Crippen LogP contribution >= 0.6 is 11.6 Å². The highest BCUT2D eigenvalue weighted by atomic mass is 35.5. The second-order valence-electron chi connectivity index (χ2n) is 6.18. The predicted molar refractivity (Wildman–Crippen MR) is 83.8 cm³/mol. The van der Waals surface area contributed by atoms with Crippen LogP contribution in [0, 0.1) is 11.3 Å². The van der Waals surface area contributed by atoms with E-state index in [1.54, 1.807) is 0 Å². The lowest BCUT2D eigenvalue weighted by molar-refractivity contribution is -0.0194. The van der Waals surface area contributed by atoms with E-state index in [9.17, 15) is 0 Å². The van der Waals surface area contributed by atoms with Crippen LogP contribution in [-0.2, 0) is 0 Å². The van der Waals surface area contributed by atoms with E-state index in [-0.39, 0.29) is 0 Å². The molecule has 1 aromatic carbocycles. The molecule has 2 heteroatoms. The standard InChI is InChI=1S/C17H26ClN/c1-5-10-19-16-12(3)15(17(16,4)6-2)13-8-7-9-14(18)11-13/h7-9,11-12,15-16,19H,5-6,10H2,1-4H3. The van der Waals surface area contributed by atoms with Gasteiger partial charge in [0.15, 0.2) is 0 Å². The van der Waals surface area contributed by atoms with E-state index in [2.05, 4.69) is 51.2 Å². The van der Waals surface area contributed by atoms with Crippen LogP contribution in [-0.4, -0.2) is 12.6 Å². The molecule has 19 heavy (non-hydrogen) atoms. The van der Waals surface area contributed by atoms with Gasteiger partial charge in [-0.15, -0.1) is 0 Å². The minimum absolute atomic E-state index is 0.346. The quantitative estimate of drug-likeness (QED) is 0.812. The Hall–Kier alpha value is -0.530. The lowest BCUT2D eigenvalue weighted by Crippen LogP contribution is -2.62. The van der Waals surface area contributed by atoms with Crippen molar-refractivity contribution in [2.24, 2.45) is 11.3 Å². The normalized spacial score (nSPS) is 34.1. The Balaban J connectivity index is 2.22. The topological polar surface area (TPSA) is 12.0 Å². The fourth-order valence-electron chi connectivity index (χ4n) is 4.01. The molecule has 1 aliphatic rings. The highest BCUT2D eigenvalue weighted by Crippen LogP contribution is 2.58. The van der Waals surface area contributed by atoms with Crippen molar-refractivity contribution in [1.29, 1.82) is 0 Å². The summed E-state index contributed by atoms with van der Waals surface area (Å²) in [5.41, 5.74) is 1.75. The SMILES string of the molecule is CCCNC1C(C)C(c2cccc(Cl)c2)C1(C)CC. The van der Waals surface area contributed by atoms with Crippen molar-refractivity contribution in [2.45, 2.75) is 52.5 Å². The van der Waals surface area contributed by atoms with Crippen molar-refractivity contribution in [2.75, 3.05) is 6.54 Å². The highest BCUT2D eigenvalue weighted by Gasteiger charge is 2.55. The molecule has 1 fully saturated rings. The number of halogens is 1. The van der Waals surface area contributed by atoms with Crippen LogP contribution in [0.4, 0.5) is 0 Å². The number of benzene rings is 1. The van der Waals surface area contributed by atoms with Gasteiger partial charge in [0.25, 0.3) is 0 Å². The molecule has 1 saturated carbocycles. The minimum Gasteiger partial charge on any atom is -0.313 e. The molecule has 0 aliphatic heterocycles. The monoisotopic (exact) mass is 279 g/mol. The predicted octanol–water partition coefficient (Wildman–Crippen LogP) is 4.86. The summed E-state index contributed by atoms with van der Waals surface area (Å²) < 4.78 is 0. The maximum absolute atomic E-state index is 6.16. The molecule has 0 heterocycles. The first-order valence-electron chi connectivity index (χ1n) is 7.53. The zero-order valence-corrected chi connectivity index (χ0v) is 13.3. The third-order valence-corrected chi connectivity index (χ3v) is 5.29. The molecule has 1 N–H and O–H groups in total. The summed E-state index contributed by atoms with van der Waals surface area (Å²) in [5, 5.41) is 4.60. The fraction of sp³-hybridized carbons (Fsp3) is 0.647. The van der Waals surface area contributed by atoms with E-state index < -0.39 is 0 Å². The lowest BCUT2D eigenvalue weighted by Gasteiger charge is -2.60. The summed E-state index contributed by atoms with van der Waals surface area (Å²) in [6.45, 7) is 10.5. The van der Waals surface area contributed by atoms with Gasteiger partial charge in [-0.05, 0) is 54.3 Å². The second kappa shape index (κ2) is 5.85. The van der Waals surface area contributed by atoms with Crippen LogP contribution in [0.15, 0.2) is 24.3 Å². The molecule has 1 aromatic rings. The van der Waals surface area contributed by atoms with E-state index in [0.717, 1.165) is 11.6 Å². The van der Waals surface area contributed by atoms with Gasteiger partial charge in [0.2, 0.25) is 0 Å². The number of rotatable bonds is 5. The van der Waals surface area contributed by atoms with Crippen LogP contribution in [0.3, 0.4) is 0 Å². The van der Waals surface area contributed by atoms with E-state index in [4.69, 9.17) is 11.6 Å². The van der Waals surface area contributed by atoms with E-state index >= 15 is 0 Å². The molecule has 4 atom stereocenters.